The molecule has 0 spiro atoms. The van der Waals surface area contributed by atoms with Gasteiger partial charge in [-0.25, -0.2) is 4.98 Å². The smallest absolute Gasteiger partial charge is 0.284 e. The highest BCUT2D eigenvalue weighted by Gasteiger charge is 2.19. The minimum atomic E-state index is -0.492. The van der Waals surface area contributed by atoms with E-state index in [4.69, 9.17) is 5.73 Å². The Bertz CT molecular complexity index is 1620. The van der Waals surface area contributed by atoms with E-state index in [2.05, 4.69) is 45.7 Å². The molecule has 0 aliphatic rings. The fourth-order valence-corrected chi connectivity index (χ4v) is 5.25. The molecule has 5 N–H and O–H groups in total. The fraction of sp³-hybridized carbons (Fsp3) is 0.167. The first kappa shape index (κ1) is 25.4. The molecule has 0 fully saturated rings. The number of anilines is 1. The van der Waals surface area contributed by atoms with E-state index < -0.39 is 5.91 Å². The first-order valence-corrected chi connectivity index (χ1v) is 13.4. The van der Waals surface area contributed by atoms with Crippen LogP contribution >= 0.6 is 11.3 Å². The number of primary amides is 1. The summed E-state index contributed by atoms with van der Waals surface area (Å²) < 4.78 is 0. The lowest BCUT2D eigenvalue weighted by atomic mass is 9.94. The molecule has 2 aromatic heterocycles. The highest BCUT2D eigenvalue weighted by molar-refractivity contribution is 7.11. The Labute approximate surface area is 225 Å². The number of aromatic amines is 1. The quantitative estimate of drug-likeness (QED) is 0.174. The van der Waals surface area contributed by atoms with Gasteiger partial charge in [0, 0.05) is 40.5 Å². The van der Waals surface area contributed by atoms with Crippen LogP contribution in [0.1, 0.15) is 44.6 Å². The molecule has 0 aliphatic heterocycles. The van der Waals surface area contributed by atoms with Gasteiger partial charge < -0.3 is 21.4 Å². The maximum atomic E-state index is 12.7. The number of hydrogen-bond donors (Lipinski definition) is 4. The summed E-state index contributed by atoms with van der Waals surface area (Å²) in [6.45, 7) is 5.80. The first-order valence-electron chi connectivity index (χ1n) is 12.5. The number of rotatable bonds is 9. The molecule has 5 aromatic rings. The normalized spacial score (nSPS) is 11.1. The molecule has 8 heteroatoms. The van der Waals surface area contributed by atoms with Crippen LogP contribution in [0.15, 0.2) is 72.2 Å². The van der Waals surface area contributed by atoms with Gasteiger partial charge in [-0.15, -0.1) is 11.3 Å². The highest BCUT2D eigenvalue weighted by atomic mass is 32.1. The number of benzene rings is 3. The zero-order valence-corrected chi connectivity index (χ0v) is 22.1. The molecule has 192 valence electrons. The topological polar surface area (TPSA) is 113 Å². The van der Waals surface area contributed by atoms with Crippen LogP contribution in [0.4, 0.5) is 5.69 Å². The summed E-state index contributed by atoms with van der Waals surface area (Å²) >= 11 is 1.30. The third-order valence-corrected chi connectivity index (χ3v) is 7.38. The lowest BCUT2D eigenvalue weighted by Gasteiger charge is -2.14. The molecule has 5 rings (SSSR count). The SMILES string of the molecule is CCCNCc1ccccc1-c1cc2c(-c3cccc(NC(=O)c4nccs4)c3C)ccc(C(N)=O)c2[nH]1. The maximum Gasteiger partial charge on any atom is 0.284 e. The van der Waals surface area contributed by atoms with Crippen molar-refractivity contribution in [2.24, 2.45) is 5.73 Å². The van der Waals surface area contributed by atoms with Crippen molar-refractivity contribution < 1.29 is 9.59 Å². The minimum Gasteiger partial charge on any atom is -0.366 e. The molecule has 38 heavy (non-hydrogen) atoms. The summed E-state index contributed by atoms with van der Waals surface area (Å²) in [5.74, 6) is -0.735. The number of amides is 2. The molecule has 0 bridgehead atoms. The second kappa shape index (κ2) is 11.0. The van der Waals surface area contributed by atoms with Crippen molar-refractivity contribution in [3.8, 4) is 22.4 Å². The van der Waals surface area contributed by atoms with Crippen LogP contribution in [0, 0.1) is 6.92 Å². The van der Waals surface area contributed by atoms with Crippen LogP contribution in [0.2, 0.25) is 0 Å². The number of fused-ring (bicyclic) bond motifs is 1. The first-order chi connectivity index (χ1) is 18.5. The van der Waals surface area contributed by atoms with Crippen molar-refractivity contribution in [1.29, 1.82) is 0 Å². The van der Waals surface area contributed by atoms with Crippen molar-refractivity contribution in [3.05, 3.63) is 93.9 Å². The summed E-state index contributed by atoms with van der Waals surface area (Å²) in [7, 11) is 0. The van der Waals surface area contributed by atoms with Crippen molar-refractivity contribution in [2.45, 2.75) is 26.8 Å². The van der Waals surface area contributed by atoms with Gasteiger partial charge in [0.1, 0.15) is 0 Å². The summed E-state index contributed by atoms with van der Waals surface area (Å²) in [5.41, 5.74) is 13.5. The standard InChI is InChI=1S/C30H29N5O2S/c1-3-13-32-17-19-7-4-5-8-21(19)26-16-24-22(11-12-23(28(31)36)27(24)34-26)20-9-6-10-25(18(20)2)35-29(37)30-33-14-15-38-30/h4-12,14-16,32,34H,3,13,17H2,1-2H3,(H2,31,36)(H,35,37). The number of nitrogens with one attached hydrogen (secondary N) is 3. The second-order valence-corrected chi connectivity index (χ2v) is 9.99. The predicted octanol–water partition coefficient (Wildman–Crippen LogP) is 6.12. The highest BCUT2D eigenvalue weighted by Crippen LogP contribution is 2.38. The third kappa shape index (κ3) is 4.96. The number of thiazole rings is 1. The van der Waals surface area contributed by atoms with E-state index in [0.29, 0.717) is 21.8 Å². The number of H-pyrrole nitrogens is 1. The largest absolute Gasteiger partial charge is 0.366 e. The Morgan fingerprint density at radius 3 is 2.61 bits per heavy atom. The predicted molar refractivity (Wildman–Crippen MR) is 154 cm³/mol. The summed E-state index contributed by atoms with van der Waals surface area (Å²) in [6.07, 6.45) is 2.67. The number of nitrogens with zero attached hydrogens (tertiary/aromatic N) is 1. The molecule has 7 nitrogen and oxygen atoms in total. The van der Waals surface area contributed by atoms with Crippen molar-refractivity contribution >= 4 is 39.7 Å². The van der Waals surface area contributed by atoms with Crippen LogP contribution in [0.5, 0.6) is 0 Å². The monoisotopic (exact) mass is 523 g/mol. The number of carbonyl (C=O) groups is 2. The van der Waals surface area contributed by atoms with E-state index in [1.54, 1.807) is 17.6 Å². The summed E-state index contributed by atoms with van der Waals surface area (Å²) in [5, 5.41) is 9.53. The van der Waals surface area contributed by atoms with Gasteiger partial charge in [0.25, 0.3) is 11.8 Å². The zero-order valence-electron chi connectivity index (χ0n) is 21.3. The van der Waals surface area contributed by atoms with Crippen molar-refractivity contribution in [3.63, 3.8) is 0 Å². The van der Waals surface area contributed by atoms with Crippen LogP contribution in [0.25, 0.3) is 33.3 Å². The molecule has 0 atom stereocenters. The van der Waals surface area contributed by atoms with Gasteiger partial charge in [-0.3, -0.25) is 9.59 Å². The summed E-state index contributed by atoms with van der Waals surface area (Å²) in [6, 6.07) is 19.8. The Kier molecular flexibility index (Phi) is 7.35. The van der Waals surface area contributed by atoms with E-state index in [-0.39, 0.29) is 5.91 Å². The molecule has 0 saturated heterocycles. The number of aromatic nitrogens is 2. The van der Waals surface area contributed by atoms with E-state index >= 15 is 0 Å². The van der Waals surface area contributed by atoms with Gasteiger partial charge >= 0.3 is 0 Å². The average molecular weight is 524 g/mol. The zero-order chi connectivity index (χ0) is 26.6. The van der Waals surface area contributed by atoms with Crippen LogP contribution < -0.4 is 16.4 Å². The molecule has 0 aliphatic carbocycles. The van der Waals surface area contributed by atoms with Gasteiger partial charge in [0.15, 0.2) is 5.01 Å². The average Bonchev–Trinajstić information content (AvgIpc) is 3.61. The van der Waals surface area contributed by atoms with E-state index in [0.717, 1.165) is 58.4 Å². The maximum absolute atomic E-state index is 12.7. The van der Waals surface area contributed by atoms with E-state index in [9.17, 15) is 9.59 Å². The Morgan fingerprint density at radius 1 is 1.03 bits per heavy atom. The van der Waals surface area contributed by atoms with Gasteiger partial charge in [0.05, 0.1) is 11.1 Å². The molecule has 2 amide bonds. The van der Waals surface area contributed by atoms with Crippen molar-refractivity contribution in [2.75, 3.05) is 11.9 Å². The van der Waals surface area contributed by atoms with Crippen LogP contribution in [-0.4, -0.2) is 28.3 Å². The van der Waals surface area contributed by atoms with E-state index in [1.807, 2.05) is 43.3 Å². The number of hydrogen-bond acceptors (Lipinski definition) is 5. The second-order valence-electron chi connectivity index (χ2n) is 9.10. The molecule has 0 radical (unpaired) electrons. The fourth-order valence-electron chi connectivity index (χ4n) is 4.72. The van der Waals surface area contributed by atoms with Gasteiger partial charge in [0.2, 0.25) is 0 Å². The van der Waals surface area contributed by atoms with Crippen LogP contribution in [-0.2, 0) is 6.54 Å². The molecular weight excluding hydrogens is 494 g/mol. The lowest BCUT2D eigenvalue weighted by Crippen LogP contribution is -2.14. The molecule has 0 unspecified atom stereocenters. The van der Waals surface area contributed by atoms with Crippen LogP contribution in [0.3, 0.4) is 0 Å². The molecule has 2 heterocycles. The number of carbonyl (C=O) groups excluding carboxylic acids is 2. The Hall–Kier alpha value is -4.27. The van der Waals surface area contributed by atoms with Gasteiger partial charge in [-0.1, -0.05) is 49.4 Å². The Morgan fingerprint density at radius 2 is 1.84 bits per heavy atom. The Balaban J connectivity index is 1.61. The van der Waals surface area contributed by atoms with Crippen molar-refractivity contribution in [1.82, 2.24) is 15.3 Å². The van der Waals surface area contributed by atoms with Gasteiger partial charge in [-0.2, -0.15) is 0 Å². The molecular formula is C30H29N5O2S. The molecule has 0 saturated carbocycles. The van der Waals surface area contributed by atoms with Gasteiger partial charge in [-0.05, 0) is 60.3 Å². The lowest BCUT2D eigenvalue weighted by molar-refractivity contribution is 0.0998. The third-order valence-electron chi connectivity index (χ3n) is 6.61. The summed E-state index contributed by atoms with van der Waals surface area (Å²) in [4.78, 5) is 32.6. The number of nitrogens with two attached hydrogens (primary N) is 1. The van der Waals surface area contributed by atoms with E-state index in [1.165, 1.54) is 11.3 Å². The minimum absolute atomic E-state index is 0.244. The molecule has 3 aromatic carbocycles.